The van der Waals surface area contributed by atoms with Gasteiger partial charge in [0.25, 0.3) is 0 Å². The smallest absolute Gasteiger partial charge is 0.145 e. The molecule has 88 valence electrons. The zero-order chi connectivity index (χ0) is 11.8. The molecule has 1 N–H and O–H groups in total. The van der Waals surface area contributed by atoms with Gasteiger partial charge in [-0.2, -0.15) is 0 Å². The third kappa shape index (κ3) is 1.71. The van der Waals surface area contributed by atoms with Crippen molar-refractivity contribution in [2.75, 3.05) is 19.5 Å². The summed E-state index contributed by atoms with van der Waals surface area (Å²) in [6.07, 6.45) is 2.52. The van der Waals surface area contributed by atoms with E-state index >= 15 is 0 Å². The molecule has 0 spiro atoms. The molecular weight excluding hydrogens is 212 g/mol. The van der Waals surface area contributed by atoms with Gasteiger partial charge in [-0.15, -0.1) is 0 Å². The predicted molar refractivity (Wildman–Crippen MR) is 69.8 cm³/mol. The summed E-state index contributed by atoms with van der Waals surface area (Å²) in [5.74, 6) is 1.50. The van der Waals surface area contributed by atoms with E-state index in [4.69, 9.17) is 9.72 Å². The molecule has 0 amide bonds. The van der Waals surface area contributed by atoms with Gasteiger partial charge in [-0.05, 0) is 25.0 Å². The summed E-state index contributed by atoms with van der Waals surface area (Å²) in [6, 6.07) is 8.21. The van der Waals surface area contributed by atoms with Gasteiger partial charge in [-0.25, -0.2) is 4.98 Å². The fraction of sp³-hybridized carbons (Fsp3) is 0.357. The lowest BCUT2D eigenvalue weighted by atomic mass is 10.1. The summed E-state index contributed by atoms with van der Waals surface area (Å²) in [5.41, 5.74) is 3.28. The number of nitrogens with zero attached hydrogens (tertiary/aromatic N) is 1. The van der Waals surface area contributed by atoms with Crippen LogP contribution in [0.4, 0.5) is 5.69 Å². The van der Waals surface area contributed by atoms with Crippen LogP contribution in [-0.2, 0) is 0 Å². The van der Waals surface area contributed by atoms with Crippen molar-refractivity contribution >= 4 is 16.6 Å². The normalized spacial score (nSPS) is 14.9. The number of ether oxygens (including phenoxy) is 1. The maximum Gasteiger partial charge on any atom is 0.145 e. The standard InChI is InChI=1S/C14H16N2O/c1-15-12-8-11(9-6-7-9)16-14-10(12)4-3-5-13(14)17-2/h3-5,8-9H,6-7H2,1-2H3,(H,15,16). The van der Waals surface area contributed by atoms with Crippen LogP contribution >= 0.6 is 0 Å². The highest BCUT2D eigenvalue weighted by atomic mass is 16.5. The first-order valence-corrected chi connectivity index (χ1v) is 5.99. The Bertz CT molecular complexity index is 561. The maximum absolute atomic E-state index is 5.39. The van der Waals surface area contributed by atoms with Crippen LogP contribution in [0.1, 0.15) is 24.5 Å². The Morgan fingerprint density at radius 1 is 1.35 bits per heavy atom. The van der Waals surface area contributed by atoms with Crippen LogP contribution in [0, 0.1) is 0 Å². The summed E-state index contributed by atoms with van der Waals surface area (Å²) < 4.78 is 5.39. The number of methoxy groups -OCH3 is 1. The lowest BCUT2D eigenvalue weighted by Crippen LogP contribution is -1.97. The summed E-state index contributed by atoms with van der Waals surface area (Å²) in [6.45, 7) is 0. The number of benzene rings is 1. The largest absolute Gasteiger partial charge is 0.494 e. The second kappa shape index (κ2) is 3.91. The van der Waals surface area contributed by atoms with E-state index in [2.05, 4.69) is 17.4 Å². The first-order chi connectivity index (χ1) is 8.33. The number of aromatic nitrogens is 1. The third-order valence-corrected chi connectivity index (χ3v) is 3.31. The predicted octanol–water partition coefficient (Wildman–Crippen LogP) is 3.16. The monoisotopic (exact) mass is 228 g/mol. The fourth-order valence-corrected chi connectivity index (χ4v) is 2.20. The van der Waals surface area contributed by atoms with Gasteiger partial charge < -0.3 is 10.1 Å². The molecule has 3 rings (SSSR count). The first kappa shape index (κ1) is 10.4. The van der Waals surface area contributed by atoms with E-state index in [0.717, 1.165) is 22.3 Å². The highest BCUT2D eigenvalue weighted by molar-refractivity contribution is 5.95. The van der Waals surface area contributed by atoms with Crippen molar-refractivity contribution in [1.82, 2.24) is 4.98 Å². The van der Waals surface area contributed by atoms with Crippen molar-refractivity contribution in [2.45, 2.75) is 18.8 Å². The van der Waals surface area contributed by atoms with Crippen molar-refractivity contribution in [3.8, 4) is 5.75 Å². The van der Waals surface area contributed by atoms with Crippen LogP contribution < -0.4 is 10.1 Å². The van der Waals surface area contributed by atoms with Crippen molar-refractivity contribution in [1.29, 1.82) is 0 Å². The molecular formula is C14H16N2O. The summed E-state index contributed by atoms with van der Waals surface area (Å²) in [5, 5.41) is 4.37. The van der Waals surface area contributed by atoms with Gasteiger partial charge in [-0.1, -0.05) is 12.1 Å². The lowest BCUT2D eigenvalue weighted by Gasteiger charge is -2.11. The number of nitrogens with one attached hydrogen (secondary N) is 1. The molecule has 3 heteroatoms. The zero-order valence-electron chi connectivity index (χ0n) is 10.2. The van der Waals surface area contributed by atoms with E-state index in [-0.39, 0.29) is 0 Å². The quantitative estimate of drug-likeness (QED) is 0.876. The van der Waals surface area contributed by atoms with Crippen LogP contribution in [0.3, 0.4) is 0 Å². The maximum atomic E-state index is 5.39. The van der Waals surface area contributed by atoms with Crippen LogP contribution in [0.25, 0.3) is 10.9 Å². The first-order valence-electron chi connectivity index (χ1n) is 5.99. The highest BCUT2D eigenvalue weighted by Gasteiger charge is 2.26. The van der Waals surface area contributed by atoms with Crippen molar-refractivity contribution in [3.63, 3.8) is 0 Å². The Labute approximate surface area is 101 Å². The molecule has 1 aliphatic carbocycles. The van der Waals surface area contributed by atoms with Crippen molar-refractivity contribution in [2.24, 2.45) is 0 Å². The van der Waals surface area contributed by atoms with Crippen LogP contribution in [0.5, 0.6) is 5.75 Å². The van der Waals surface area contributed by atoms with E-state index in [0.29, 0.717) is 5.92 Å². The number of anilines is 1. The molecule has 1 aromatic carbocycles. The molecule has 0 radical (unpaired) electrons. The Morgan fingerprint density at radius 2 is 2.18 bits per heavy atom. The minimum Gasteiger partial charge on any atom is -0.494 e. The highest BCUT2D eigenvalue weighted by Crippen LogP contribution is 2.42. The van der Waals surface area contributed by atoms with Gasteiger partial charge in [0.05, 0.1) is 7.11 Å². The molecule has 1 heterocycles. The van der Waals surface area contributed by atoms with E-state index < -0.39 is 0 Å². The number of para-hydroxylation sites is 1. The molecule has 1 aliphatic rings. The minimum absolute atomic E-state index is 0.649. The Hall–Kier alpha value is -1.77. The van der Waals surface area contributed by atoms with Crippen LogP contribution in [0.15, 0.2) is 24.3 Å². The van der Waals surface area contributed by atoms with Crippen LogP contribution in [-0.4, -0.2) is 19.1 Å². The minimum atomic E-state index is 0.649. The van der Waals surface area contributed by atoms with Crippen molar-refractivity contribution < 1.29 is 4.74 Å². The van der Waals surface area contributed by atoms with E-state index in [1.165, 1.54) is 18.5 Å². The van der Waals surface area contributed by atoms with E-state index in [9.17, 15) is 0 Å². The summed E-state index contributed by atoms with van der Waals surface area (Å²) >= 11 is 0. The molecule has 0 unspecified atom stereocenters. The lowest BCUT2D eigenvalue weighted by molar-refractivity contribution is 0.419. The Kier molecular flexibility index (Phi) is 2.39. The van der Waals surface area contributed by atoms with E-state index in [1.807, 2.05) is 19.2 Å². The Morgan fingerprint density at radius 3 is 2.82 bits per heavy atom. The number of hydrogen-bond donors (Lipinski definition) is 1. The van der Waals surface area contributed by atoms with Gasteiger partial charge in [-0.3, -0.25) is 0 Å². The van der Waals surface area contributed by atoms with E-state index in [1.54, 1.807) is 7.11 Å². The molecule has 17 heavy (non-hydrogen) atoms. The molecule has 0 atom stereocenters. The number of hydrogen-bond acceptors (Lipinski definition) is 3. The van der Waals surface area contributed by atoms with Crippen LogP contribution in [0.2, 0.25) is 0 Å². The number of rotatable bonds is 3. The summed E-state index contributed by atoms with van der Waals surface area (Å²) in [7, 11) is 3.64. The SMILES string of the molecule is CNc1cc(C2CC2)nc2c(OC)cccc12. The molecule has 1 fully saturated rings. The molecule has 1 saturated carbocycles. The molecule has 0 aliphatic heterocycles. The second-order valence-corrected chi connectivity index (χ2v) is 4.48. The number of fused-ring (bicyclic) bond motifs is 1. The molecule has 0 bridgehead atoms. The topological polar surface area (TPSA) is 34.2 Å². The summed E-state index contributed by atoms with van der Waals surface area (Å²) in [4.78, 5) is 4.75. The second-order valence-electron chi connectivity index (χ2n) is 4.48. The van der Waals surface area contributed by atoms with Gasteiger partial charge in [0, 0.05) is 29.7 Å². The molecule has 3 nitrogen and oxygen atoms in total. The van der Waals surface area contributed by atoms with Crippen molar-refractivity contribution in [3.05, 3.63) is 30.0 Å². The average Bonchev–Trinajstić information content (AvgIpc) is 3.20. The number of pyridine rings is 1. The fourth-order valence-electron chi connectivity index (χ4n) is 2.20. The third-order valence-electron chi connectivity index (χ3n) is 3.31. The van der Waals surface area contributed by atoms with Gasteiger partial charge >= 0.3 is 0 Å². The Balaban J connectivity index is 2.28. The zero-order valence-corrected chi connectivity index (χ0v) is 10.2. The van der Waals surface area contributed by atoms with Gasteiger partial charge in [0.2, 0.25) is 0 Å². The van der Waals surface area contributed by atoms with Gasteiger partial charge in [0.15, 0.2) is 0 Å². The molecule has 0 saturated heterocycles. The van der Waals surface area contributed by atoms with Gasteiger partial charge in [0.1, 0.15) is 11.3 Å². The molecule has 1 aromatic heterocycles. The molecule has 2 aromatic rings. The average molecular weight is 228 g/mol.